The van der Waals surface area contributed by atoms with Crippen molar-refractivity contribution in [3.8, 4) is 22.8 Å². The third kappa shape index (κ3) is 4.89. The molecular formula is C29H33N7O3. The summed E-state index contributed by atoms with van der Waals surface area (Å²) in [6.45, 7) is 11.1. The molecule has 202 valence electrons. The SMILES string of the molecule is C=CC(=O)N1CCC[C@@H](n2nc(-c3ccc(OCc4ncc(C)c(OC)c4C)c(C)c3)c3c(N)ncnc32)C1. The number of amides is 1. The van der Waals surface area contributed by atoms with Crippen LogP contribution in [0.5, 0.6) is 11.5 Å². The van der Waals surface area contributed by atoms with Crippen LogP contribution in [0.25, 0.3) is 22.3 Å². The second kappa shape index (κ2) is 10.7. The largest absolute Gasteiger partial charge is 0.496 e. The number of anilines is 1. The number of fused-ring (bicyclic) bond motifs is 1. The molecule has 1 atom stereocenters. The molecule has 1 aliphatic rings. The summed E-state index contributed by atoms with van der Waals surface area (Å²) >= 11 is 0. The average Bonchev–Trinajstić information content (AvgIpc) is 3.34. The predicted octanol–water partition coefficient (Wildman–Crippen LogP) is 4.33. The number of aryl methyl sites for hydroxylation is 2. The Morgan fingerprint density at radius 2 is 2.03 bits per heavy atom. The molecule has 1 fully saturated rings. The number of likely N-dealkylation sites (tertiary alicyclic amines) is 1. The van der Waals surface area contributed by atoms with Crippen molar-refractivity contribution in [1.29, 1.82) is 0 Å². The van der Waals surface area contributed by atoms with Crippen molar-refractivity contribution in [2.75, 3.05) is 25.9 Å². The van der Waals surface area contributed by atoms with Crippen molar-refractivity contribution in [2.24, 2.45) is 0 Å². The van der Waals surface area contributed by atoms with E-state index >= 15 is 0 Å². The second-order valence-electron chi connectivity index (χ2n) is 9.85. The van der Waals surface area contributed by atoms with Crippen LogP contribution in [0, 0.1) is 20.8 Å². The first-order chi connectivity index (χ1) is 18.8. The van der Waals surface area contributed by atoms with Gasteiger partial charge in [0.25, 0.3) is 0 Å². The first-order valence-electron chi connectivity index (χ1n) is 12.9. The average molecular weight is 528 g/mol. The van der Waals surface area contributed by atoms with Crippen LogP contribution in [0.3, 0.4) is 0 Å². The molecule has 0 spiro atoms. The number of carbonyl (C=O) groups is 1. The maximum Gasteiger partial charge on any atom is 0.246 e. The van der Waals surface area contributed by atoms with Gasteiger partial charge in [0.15, 0.2) is 5.65 Å². The van der Waals surface area contributed by atoms with Crippen molar-refractivity contribution in [2.45, 2.75) is 46.3 Å². The van der Waals surface area contributed by atoms with Crippen molar-refractivity contribution in [1.82, 2.24) is 29.6 Å². The number of ether oxygens (including phenoxy) is 2. The Bertz CT molecular complexity index is 1560. The van der Waals surface area contributed by atoms with E-state index in [1.165, 1.54) is 12.4 Å². The maximum atomic E-state index is 12.3. The van der Waals surface area contributed by atoms with Crippen LogP contribution in [0.15, 0.2) is 43.4 Å². The summed E-state index contributed by atoms with van der Waals surface area (Å²) in [6.07, 6.45) is 6.35. The fraction of sp³-hybridized carbons (Fsp3) is 0.345. The standard InChI is InChI=1S/C29H33N7O3/c1-6-24(37)35-11-7-8-21(14-35)36-29-25(28(30)32-16-33-29)26(34-36)20-9-10-23(17(2)12-20)39-15-22-19(4)27(38-5)18(3)13-31-22/h6,9-10,12-13,16,21H,1,7-8,11,14-15H2,2-5H3,(H2,30,32,33)/t21-/m1/s1. The van der Waals surface area contributed by atoms with Gasteiger partial charge in [0.1, 0.15) is 35.9 Å². The van der Waals surface area contributed by atoms with Gasteiger partial charge < -0.3 is 20.1 Å². The molecule has 10 heteroatoms. The molecule has 3 aromatic heterocycles. The predicted molar refractivity (Wildman–Crippen MR) is 150 cm³/mol. The molecule has 10 nitrogen and oxygen atoms in total. The minimum absolute atomic E-state index is 0.0286. The normalized spacial score (nSPS) is 15.4. The van der Waals surface area contributed by atoms with Gasteiger partial charge in [-0.3, -0.25) is 9.78 Å². The number of methoxy groups -OCH3 is 1. The molecule has 1 saturated heterocycles. The summed E-state index contributed by atoms with van der Waals surface area (Å²) in [5.41, 5.74) is 12.3. The molecule has 0 radical (unpaired) electrons. The topological polar surface area (TPSA) is 121 Å². The first-order valence-corrected chi connectivity index (χ1v) is 12.9. The maximum absolute atomic E-state index is 12.3. The molecule has 39 heavy (non-hydrogen) atoms. The smallest absolute Gasteiger partial charge is 0.246 e. The van der Waals surface area contributed by atoms with Crippen molar-refractivity contribution < 1.29 is 14.3 Å². The van der Waals surface area contributed by atoms with E-state index in [1.807, 2.05) is 43.7 Å². The molecule has 2 N–H and O–H groups in total. The third-order valence-corrected chi connectivity index (χ3v) is 7.31. The molecule has 1 aliphatic heterocycles. The highest BCUT2D eigenvalue weighted by atomic mass is 16.5. The van der Waals surface area contributed by atoms with Crippen LogP contribution < -0.4 is 15.2 Å². The number of piperidine rings is 1. The molecule has 4 heterocycles. The Hall–Kier alpha value is -4.47. The number of pyridine rings is 1. The van der Waals surface area contributed by atoms with Crippen molar-refractivity contribution in [3.63, 3.8) is 0 Å². The van der Waals surface area contributed by atoms with E-state index in [1.54, 1.807) is 18.2 Å². The minimum Gasteiger partial charge on any atom is -0.496 e. The monoisotopic (exact) mass is 527 g/mol. The molecule has 1 aromatic carbocycles. The van der Waals surface area contributed by atoms with Gasteiger partial charge in [-0.05, 0) is 63.5 Å². The Balaban J connectivity index is 1.45. The van der Waals surface area contributed by atoms with Crippen LogP contribution in [-0.2, 0) is 11.4 Å². The minimum atomic E-state index is -0.0776. The number of nitrogens with zero attached hydrogens (tertiary/aromatic N) is 6. The highest BCUT2D eigenvalue weighted by molar-refractivity contribution is 5.98. The second-order valence-corrected chi connectivity index (χ2v) is 9.85. The van der Waals surface area contributed by atoms with Gasteiger partial charge in [0, 0.05) is 36.0 Å². The number of benzene rings is 1. The number of aromatic nitrogens is 5. The fourth-order valence-corrected chi connectivity index (χ4v) is 5.26. The molecule has 4 aromatic rings. The first kappa shape index (κ1) is 26.1. The van der Waals surface area contributed by atoms with Gasteiger partial charge in [-0.2, -0.15) is 5.10 Å². The Morgan fingerprint density at radius 1 is 1.21 bits per heavy atom. The van der Waals surface area contributed by atoms with Crippen LogP contribution in [-0.4, -0.2) is 55.7 Å². The zero-order valence-electron chi connectivity index (χ0n) is 22.8. The third-order valence-electron chi connectivity index (χ3n) is 7.31. The van der Waals surface area contributed by atoms with Crippen LogP contribution in [0.2, 0.25) is 0 Å². The summed E-state index contributed by atoms with van der Waals surface area (Å²) in [4.78, 5) is 27.4. The lowest BCUT2D eigenvalue weighted by Crippen LogP contribution is -2.40. The van der Waals surface area contributed by atoms with Gasteiger partial charge in [0.2, 0.25) is 5.91 Å². The highest BCUT2D eigenvalue weighted by Gasteiger charge is 2.28. The molecular weight excluding hydrogens is 494 g/mol. The van der Waals surface area contributed by atoms with Crippen LogP contribution >= 0.6 is 0 Å². The Labute approximate surface area is 227 Å². The molecule has 0 unspecified atom stereocenters. The quantitative estimate of drug-likeness (QED) is 0.353. The number of carbonyl (C=O) groups excluding carboxylic acids is 1. The number of hydrogen-bond acceptors (Lipinski definition) is 8. The lowest BCUT2D eigenvalue weighted by molar-refractivity contribution is -0.127. The van der Waals surface area contributed by atoms with E-state index < -0.39 is 0 Å². The summed E-state index contributed by atoms with van der Waals surface area (Å²) in [6, 6.07) is 5.89. The fourth-order valence-electron chi connectivity index (χ4n) is 5.26. The number of hydrogen-bond donors (Lipinski definition) is 1. The van der Waals surface area contributed by atoms with Crippen molar-refractivity contribution in [3.05, 3.63) is 65.8 Å². The Kier molecular flexibility index (Phi) is 7.19. The molecule has 0 bridgehead atoms. The summed E-state index contributed by atoms with van der Waals surface area (Å²) in [7, 11) is 1.66. The van der Waals surface area contributed by atoms with E-state index in [0.29, 0.717) is 42.2 Å². The van der Waals surface area contributed by atoms with E-state index in [9.17, 15) is 4.79 Å². The van der Waals surface area contributed by atoms with Crippen molar-refractivity contribution >= 4 is 22.8 Å². The van der Waals surface area contributed by atoms with E-state index in [0.717, 1.165) is 52.3 Å². The van der Waals surface area contributed by atoms with Gasteiger partial charge in [-0.15, -0.1) is 0 Å². The van der Waals surface area contributed by atoms with E-state index in [4.69, 9.17) is 20.3 Å². The lowest BCUT2D eigenvalue weighted by atomic mass is 10.1. The summed E-state index contributed by atoms with van der Waals surface area (Å²) in [5.74, 6) is 1.86. The van der Waals surface area contributed by atoms with Crippen LogP contribution in [0.4, 0.5) is 5.82 Å². The zero-order valence-corrected chi connectivity index (χ0v) is 22.8. The highest BCUT2D eigenvalue weighted by Crippen LogP contribution is 2.35. The number of rotatable bonds is 7. The van der Waals surface area contributed by atoms with Gasteiger partial charge in [-0.1, -0.05) is 6.58 Å². The molecule has 5 rings (SSSR count). The van der Waals surface area contributed by atoms with Gasteiger partial charge in [-0.25, -0.2) is 14.6 Å². The van der Waals surface area contributed by atoms with E-state index in [2.05, 4.69) is 21.5 Å². The zero-order chi connectivity index (χ0) is 27.7. The van der Waals surface area contributed by atoms with Gasteiger partial charge in [0.05, 0.1) is 24.2 Å². The summed E-state index contributed by atoms with van der Waals surface area (Å²) < 4.78 is 13.6. The lowest BCUT2D eigenvalue weighted by Gasteiger charge is -2.32. The summed E-state index contributed by atoms with van der Waals surface area (Å²) in [5, 5.41) is 5.67. The molecule has 0 saturated carbocycles. The van der Waals surface area contributed by atoms with Gasteiger partial charge >= 0.3 is 0 Å². The number of nitrogen functional groups attached to an aromatic ring is 1. The number of nitrogens with two attached hydrogens (primary N) is 1. The molecule has 0 aliphatic carbocycles. The molecule has 1 amide bonds. The Morgan fingerprint density at radius 3 is 2.77 bits per heavy atom. The van der Waals surface area contributed by atoms with E-state index in [-0.39, 0.29) is 11.9 Å². The van der Waals surface area contributed by atoms with Crippen LogP contribution in [0.1, 0.15) is 41.3 Å².